The van der Waals surface area contributed by atoms with Gasteiger partial charge in [-0.1, -0.05) is 24.3 Å². The first-order valence-corrected chi connectivity index (χ1v) is 5.90. The monoisotopic (exact) mass is 334 g/mol. The van der Waals surface area contributed by atoms with E-state index < -0.39 is 5.60 Å². The average molecular weight is 334 g/mol. The van der Waals surface area contributed by atoms with E-state index in [9.17, 15) is 5.11 Å². The summed E-state index contributed by atoms with van der Waals surface area (Å²) in [5, 5.41) is 9.70. The van der Waals surface area contributed by atoms with E-state index in [0.29, 0.717) is 5.92 Å². The second-order valence-corrected chi connectivity index (χ2v) is 4.79. The van der Waals surface area contributed by atoms with E-state index >= 15 is 0 Å². The SMILES string of the molecule is CC(C)(O)C1OC1CC1C=CC=CC1.[C-]#[O+].[C-]#[O+].[C-]#[O+].[Fe]. The molecule has 3 unspecified atom stereocenters. The summed E-state index contributed by atoms with van der Waals surface area (Å²) < 4.78 is 28.0. The molecule has 1 N–H and O–H groups in total. The maximum Gasteiger partial charge on any atom is 0 e. The van der Waals surface area contributed by atoms with Crippen molar-refractivity contribution in [1.82, 2.24) is 0 Å². The molecule has 0 saturated carbocycles. The van der Waals surface area contributed by atoms with E-state index in [0.717, 1.165) is 12.8 Å². The van der Waals surface area contributed by atoms with Crippen molar-refractivity contribution in [2.45, 2.75) is 44.5 Å². The summed E-state index contributed by atoms with van der Waals surface area (Å²) in [5.74, 6) is 0.595. The number of epoxide rings is 1. The van der Waals surface area contributed by atoms with Crippen molar-refractivity contribution in [3.05, 3.63) is 44.3 Å². The minimum atomic E-state index is -0.682. The summed E-state index contributed by atoms with van der Waals surface area (Å²) in [6.45, 7) is 17.1. The molecule has 0 radical (unpaired) electrons. The standard InChI is InChI=1S/C12H18O2.3CO.Fe/c1-12(2,13)11-10(14-11)8-9-6-4-3-5-7-9;3*1-2;/h3-6,9-11,13H,7-8H2,1-2H3;;;;. The van der Waals surface area contributed by atoms with Gasteiger partial charge in [0.25, 0.3) is 0 Å². The fraction of sp³-hybridized carbons (Fsp3) is 0.533. The smallest absolute Gasteiger partial charge is 0 e. The molecule has 0 aromatic heterocycles. The van der Waals surface area contributed by atoms with Crippen LogP contribution in [0.3, 0.4) is 0 Å². The van der Waals surface area contributed by atoms with E-state index in [1.807, 2.05) is 13.8 Å². The van der Waals surface area contributed by atoms with Crippen LogP contribution in [-0.4, -0.2) is 22.9 Å². The topological polar surface area (TPSA) is 92.5 Å². The first-order chi connectivity index (χ1) is 9.57. The molecule has 0 bridgehead atoms. The third kappa shape index (κ3) is 10.5. The van der Waals surface area contributed by atoms with Crippen LogP contribution in [0.2, 0.25) is 0 Å². The van der Waals surface area contributed by atoms with Gasteiger partial charge in [0.15, 0.2) is 0 Å². The van der Waals surface area contributed by atoms with E-state index in [1.165, 1.54) is 0 Å². The van der Waals surface area contributed by atoms with Gasteiger partial charge >= 0.3 is 33.9 Å². The van der Waals surface area contributed by atoms with Crippen LogP contribution in [0.4, 0.5) is 0 Å². The molecule has 0 amide bonds. The summed E-state index contributed by atoms with van der Waals surface area (Å²) in [6.07, 6.45) is 11.0. The molecule has 3 atom stereocenters. The van der Waals surface area contributed by atoms with Crippen molar-refractivity contribution in [3.63, 3.8) is 0 Å². The maximum atomic E-state index is 9.70. The van der Waals surface area contributed by atoms with Crippen LogP contribution in [0.25, 0.3) is 0 Å². The van der Waals surface area contributed by atoms with Gasteiger partial charge in [0.05, 0.1) is 11.7 Å². The molecule has 6 heteroatoms. The number of ether oxygens (including phenoxy) is 1. The molecule has 0 aromatic rings. The molecular formula is C15H18FeO5. The molecule has 1 aliphatic heterocycles. The van der Waals surface area contributed by atoms with E-state index in [4.69, 9.17) is 18.7 Å². The van der Waals surface area contributed by atoms with E-state index in [1.54, 1.807) is 0 Å². The fourth-order valence-electron chi connectivity index (χ4n) is 2.05. The third-order valence-corrected chi connectivity index (χ3v) is 2.88. The molecule has 1 fully saturated rings. The van der Waals surface area contributed by atoms with Crippen LogP contribution in [0, 0.1) is 25.9 Å². The number of rotatable bonds is 3. The predicted molar refractivity (Wildman–Crippen MR) is 67.8 cm³/mol. The van der Waals surface area contributed by atoms with Crippen molar-refractivity contribution in [3.8, 4) is 0 Å². The number of allylic oxidation sites excluding steroid dienone is 4. The Labute approximate surface area is 136 Å². The first kappa shape index (κ1) is 25.1. The predicted octanol–water partition coefficient (Wildman–Crippen LogP) is 1.93. The Morgan fingerprint density at radius 3 is 2.00 bits per heavy atom. The molecule has 2 rings (SSSR count). The van der Waals surface area contributed by atoms with Gasteiger partial charge in [-0.15, -0.1) is 0 Å². The minimum Gasteiger partial charge on any atom is 0 e. The van der Waals surface area contributed by atoms with Crippen LogP contribution in [-0.2, 0) is 35.8 Å². The van der Waals surface area contributed by atoms with Gasteiger partial charge in [-0.05, 0) is 32.6 Å². The van der Waals surface area contributed by atoms with Gasteiger partial charge in [0.2, 0.25) is 0 Å². The molecule has 0 aromatic carbocycles. The molecule has 116 valence electrons. The van der Waals surface area contributed by atoms with Gasteiger partial charge in [-0.3, -0.25) is 0 Å². The molecule has 2 aliphatic rings. The molecular weight excluding hydrogens is 316 g/mol. The Bertz CT molecular complexity index is 361. The van der Waals surface area contributed by atoms with Gasteiger partial charge < -0.3 is 9.84 Å². The minimum absolute atomic E-state index is 0. The third-order valence-electron chi connectivity index (χ3n) is 2.88. The second-order valence-electron chi connectivity index (χ2n) is 4.79. The maximum absolute atomic E-state index is 9.70. The normalized spacial score (nSPS) is 24.3. The Morgan fingerprint density at radius 1 is 1.14 bits per heavy atom. The van der Waals surface area contributed by atoms with Crippen LogP contribution in [0.5, 0.6) is 0 Å². The number of hydrogen-bond acceptors (Lipinski definition) is 2. The Balaban J connectivity index is -0.000000414. The number of aliphatic hydroxyl groups is 1. The first-order valence-electron chi connectivity index (χ1n) is 5.90. The van der Waals surface area contributed by atoms with Crippen LogP contribution >= 0.6 is 0 Å². The van der Waals surface area contributed by atoms with Gasteiger partial charge in [0, 0.05) is 17.1 Å². The summed E-state index contributed by atoms with van der Waals surface area (Å²) >= 11 is 0. The van der Waals surface area contributed by atoms with Crippen LogP contribution in [0.1, 0.15) is 26.7 Å². The molecule has 0 spiro atoms. The zero-order chi connectivity index (χ0) is 16.2. The van der Waals surface area contributed by atoms with Crippen molar-refractivity contribution in [2.75, 3.05) is 0 Å². The van der Waals surface area contributed by atoms with E-state index in [-0.39, 0.29) is 29.3 Å². The van der Waals surface area contributed by atoms with Crippen molar-refractivity contribution >= 4 is 0 Å². The van der Waals surface area contributed by atoms with Crippen LogP contribution < -0.4 is 0 Å². The summed E-state index contributed by atoms with van der Waals surface area (Å²) in [5.41, 5.74) is -0.682. The van der Waals surface area contributed by atoms with Gasteiger partial charge in [-0.2, -0.15) is 0 Å². The van der Waals surface area contributed by atoms with Crippen LogP contribution in [0.15, 0.2) is 24.3 Å². The molecule has 21 heavy (non-hydrogen) atoms. The van der Waals surface area contributed by atoms with Crippen molar-refractivity contribution < 1.29 is 40.9 Å². The Hall–Kier alpha value is -0.861. The van der Waals surface area contributed by atoms with Gasteiger partial charge in [0.1, 0.15) is 6.10 Å². The summed E-state index contributed by atoms with van der Waals surface area (Å²) in [4.78, 5) is 0. The Morgan fingerprint density at radius 2 is 1.67 bits per heavy atom. The zero-order valence-electron chi connectivity index (χ0n) is 11.9. The second kappa shape index (κ2) is 14.1. The molecule has 1 aliphatic carbocycles. The molecule has 1 saturated heterocycles. The van der Waals surface area contributed by atoms with Gasteiger partial charge in [-0.25, -0.2) is 0 Å². The zero-order valence-corrected chi connectivity index (χ0v) is 13.0. The summed E-state index contributed by atoms with van der Waals surface area (Å²) in [6, 6.07) is 0. The number of hydrogen-bond donors (Lipinski definition) is 1. The van der Waals surface area contributed by atoms with E-state index in [2.05, 4.69) is 44.3 Å². The largest absolute Gasteiger partial charge is 0 e. The van der Waals surface area contributed by atoms with Crippen molar-refractivity contribution in [2.24, 2.45) is 5.92 Å². The molecule has 1 heterocycles. The Kier molecular flexibility index (Phi) is 16.9. The summed E-state index contributed by atoms with van der Waals surface area (Å²) in [7, 11) is 0. The van der Waals surface area contributed by atoms with Crippen molar-refractivity contribution in [1.29, 1.82) is 0 Å². The molecule has 5 nitrogen and oxygen atoms in total. The fourth-order valence-corrected chi connectivity index (χ4v) is 2.05. The average Bonchev–Trinajstić information content (AvgIpc) is 3.26. The quantitative estimate of drug-likeness (QED) is 0.370.